The standard InChI is InChI=1S/C30H22ClF2N7O6S2/c1-17-5-4-14-39-27(17)36-26(35-18-8-11-20(12-9-18)47-30(32)33)22(29(39)42)16-34-37-28(41)21-13-10-19(40(43)44)15-25(21)48(45,46)38-24-7-3-2-6-23(24)31/h2-16,30,35,38H,1H3,(H,37,41). The lowest BCUT2D eigenvalue weighted by Gasteiger charge is -2.13. The highest BCUT2D eigenvalue weighted by molar-refractivity contribution is 7.99. The van der Waals surface area contributed by atoms with Crippen LogP contribution in [-0.4, -0.2) is 40.6 Å². The predicted octanol–water partition coefficient (Wildman–Crippen LogP) is 6.19. The third-order valence-corrected chi connectivity index (χ3v) is 9.07. The Morgan fingerprint density at radius 1 is 1.10 bits per heavy atom. The van der Waals surface area contributed by atoms with Crippen LogP contribution in [0.4, 0.5) is 31.7 Å². The maximum atomic E-state index is 13.5. The zero-order chi connectivity index (χ0) is 34.6. The van der Waals surface area contributed by atoms with Crippen molar-refractivity contribution in [2.45, 2.75) is 22.5 Å². The first-order valence-electron chi connectivity index (χ1n) is 13.6. The van der Waals surface area contributed by atoms with Gasteiger partial charge in [-0.15, -0.1) is 0 Å². The Morgan fingerprint density at radius 3 is 2.52 bits per heavy atom. The van der Waals surface area contributed by atoms with Crippen LogP contribution in [0.2, 0.25) is 5.02 Å². The largest absolute Gasteiger partial charge is 0.339 e. The second-order valence-electron chi connectivity index (χ2n) is 9.81. The van der Waals surface area contributed by atoms with Gasteiger partial charge in [0.2, 0.25) is 0 Å². The SMILES string of the molecule is Cc1cccn2c(=O)c(C=NNC(=O)c3ccc([N+](=O)[O-])cc3S(=O)(=O)Nc3ccccc3Cl)c(Nc3ccc(SC(F)F)cc3)nc12. The number of nitro groups is 1. The Bertz CT molecular complexity index is 2250. The average Bonchev–Trinajstić information content (AvgIpc) is 3.04. The average molecular weight is 714 g/mol. The van der Waals surface area contributed by atoms with Gasteiger partial charge >= 0.3 is 0 Å². The number of aromatic nitrogens is 2. The molecule has 0 bridgehead atoms. The van der Waals surface area contributed by atoms with Gasteiger partial charge in [0.25, 0.3) is 32.9 Å². The number of thioether (sulfide) groups is 1. The minimum absolute atomic E-state index is 0.0177. The summed E-state index contributed by atoms with van der Waals surface area (Å²) in [5.41, 5.74) is 1.69. The highest BCUT2D eigenvalue weighted by atomic mass is 35.5. The van der Waals surface area contributed by atoms with Gasteiger partial charge in [0.05, 0.1) is 27.4 Å². The number of amides is 1. The van der Waals surface area contributed by atoms with E-state index in [9.17, 15) is 36.9 Å². The van der Waals surface area contributed by atoms with Crippen LogP contribution in [0.15, 0.2) is 105 Å². The fraction of sp³-hybridized carbons (Fsp3) is 0.0667. The van der Waals surface area contributed by atoms with E-state index in [1.807, 2.05) is 0 Å². The number of hydrazone groups is 1. The predicted molar refractivity (Wildman–Crippen MR) is 178 cm³/mol. The molecule has 0 aliphatic heterocycles. The van der Waals surface area contributed by atoms with E-state index in [0.717, 1.165) is 18.3 Å². The van der Waals surface area contributed by atoms with Crippen molar-refractivity contribution < 1.29 is 26.9 Å². The van der Waals surface area contributed by atoms with E-state index in [2.05, 4.69) is 25.6 Å². The molecule has 0 radical (unpaired) electrons. The fourth-order valence-electron chi connectivity index (χ4n) is 4.37. The number of anilines is 3. The number of benzene rings is 3. The van der Waals surface area contributed by atoms with E-state index < -0.39 is 48.3 Å². The summed E-state index contributed by atoms with van der Waals surface area (Å²) in [6.45, 7) is 1.74. The minimum atomic E-state index is -4.60. The number of hydrogen-bond donors (Lipinski definition) is 3. The van der Waals surface area contributed by atoms with Gasteiger partial charge in [0.1, 0.15) is 21.9 Å². The highest BCUT2D eigenvalue weighted by Gasteiger charge is 2.26. The molecule has 0 saturated carbocycles. The second kappa shape index (κ2) is 14.2. The molecule has 1 amide bonds. The molecule has 0 aliphatic rings. The molecule has 0 spiro atoms. The lowest BCUT2D eigenvalue weighted by atomic mass is 10.2. The van der Waals surface area contributed by atoms with Gasteiger partial charge < -0.3 is 5.32 Å². The van der Waals surface area contributed by atoms with Gasteiger partial charge in [0.15, 0.2) is 0 Å². The number of nitrogens with zero attached hydrogens (tertiary/aromatic N) is 4. The number of para-hydroxylation sites is 1. The van der Waals surface area contributed by atoms with Crippen LogP contribution in [0, 0.1) is 17.0 Å². The lowest BCUT2D eigenvalue weighted by molar-refractivity contribution is -0.385. The van der Waals surface area contributed by atoms with Crippen molar-refractivity contribution in [3.63, 3.8) is 0 Å². The number of fused-ring (bicyclic) bond motifs is 1. The van der Waals surface area contributed by atoms with E-state index in [-0.39, 0.29) is 22.1 Å². The van der Waals surface area contributed by atoms with E-state index >= 15 is 0 Å². The molecule has 3 aromatic carbocycles. The molecule has 0 atom stereocenters. The van der Waals surface area contributed by atoms with Crippen LogP contribution in [0.5, 0.6) is 0 Å². The number of halogens is 3. The van der Waals surface area contributed by atoms with Gasteiger partial charge in [-0.2, -0.15) is 13.9 Å². The van der Waals surface area contributed by atoms with Crippen LogP contribution < -0.4 is 21.0 Å². The van der Waals surface area contributed by atoms with Crippen molar-refractivity contribution in [1.82, 2.24) is 14.8 Å². The molecule has 0 fully saturated rings. The third kappa shape index (κ3) is 7.59. The summed E-state index contributed by atoms with van der Waals surface area (Å²) in [6, 6.07) is 17.8. The molecule has 3 N–H and O–H groups in total. The van der Waals surface area contributed by atoms with Gasteiger partial charge in [-0.25, -0.2) is 18.8 Å². The van der Waals surface area contributed by atoms with E-state index in [0.29, 0.717) is 39.6 Å². The Labute approximate surface area is 279 Å². The Balaban J connectivity index is 1.49. The summed E-state index contributed by atoms with van der Waals surface area (Å²) >= 11 is 6.44. The number of hydrogen-bond acceptors (Lipinski definition) is 10. The molecule has 2 aromatic heterocycles. The maximum Gasteiger partial charge on any atom is 0.288 e. The molecule has 48 heavy (non-hydrogen) atoms. The van der Waals surface area contributed by atoms with Crippen molar-refractivity contribution in [2.24, 2.45) is 5.10 Å². The Kier molecular flexibility index (Phi) is 10.0. The maximum absolute atomic E-state index is 13.5. The monoisotopic (exact) mass is 713 g/mol. The van der Waals surface area contributed by atoms with Gasteiger partial charge in [0, 0.05) is 28.9 Å². The normalized spacial score (nSPS) is 11.6. The van der Waals surface area contributed by atoms with Crippen LogP contribution in [0.1, 0.15) is 21.5 Å². The Morgan fingerprint density at radius 2 is 1.83 bits per heavy atom. The van der Waals surface area contributed by atoms with E-state index in [4.69, 9.17) is 11.6 Å². The highest BCUT2D eigenvalue weighted by Crippen LogP contribution is 2.29. The summed E-state index contributed by atoms with van der Waals surface area (Å²) in [4.78, 5) is 41.5. The number of nitro benzene ring substituents is 1. The Hall–Kier alpha value is -5.39. The first kappa shape index (κ1) is 34.0. The minimum Gasteiger partial charge on any atom is -0.339 e. The molecule has 0 saturated heterocycles. The molecule has 2 heterocycles. The molecule has 0 aliphatic carbocycles. The number of non-ortho nitro benzene ring substituents is 1. The number of carbonyl (C=O) groups excluding carboxylic acids is 1. The zero-order valence-corrected chi connectivity index (χ0v) is 26.8. The molecule has 246 valence electrons. The topological polar surface area (TPSA) is 177 Å². The smallest absolute Gasteiger partial charge is 0.288 e. The molecule has 5 rings (SSSR count). The van der Waals surface area contributed by atoms with Gasteiger partial charge in [-0.1, -0.05) is 41.6 Å². The quantitative estimate of drug-likeness (QED) is 0.0624. The zero-order valence-electron chi connectivity index (χ0n) is 24.4. The van der Waals surface area contributed by atoms with Crippen molar-refractivity contribution >= 4 is 74.0 Å². The van der Waals surface area contributed by atoms with Gasteiger partial charge in [-0.05, 0) is 61.0 Å². The van der Waals surface area contributed by atoms with Crippen LogP contribution in [0.25, 0.3) is 5.65 Å². The first-order chi connectivity index (χ1) is 22.8. The number of pyridine rings is 1. The van der Waals surface area contributed by atoms with Crippen molar-refractivity contribution in [3.05, 3.63) is 127 Å². The molecule has 5 aromatic rings. The van der Waals surface area contributed by atoms with Crippen LogP contribution >= 0.6 is 23.4 Å². The number of carbonyl (C=O) groups is 1. The van der Waals surface area contributed by atoms with Gasteiger partial charge in [-0.3, -0.25) is 28.8 Å². The number of rotatable bonds is 11. The van der Waals surface area contributed by atoms with Crippen LogP contribution in [-0.2, 0) is 10.0 Å². The molecule has 0 unspecified atom stereocenters. The molecular weight excluding hydrogens is 692 g/mol. The van der Waals surface area contributed by atoms with Crippen molar-refractivity contribution in [2.75, 3.05) is 10.0 Å². The van der Waals surface area contributed by atoms with Crippen molar-refractivity contribution in [3.8, 4) is 0 Å². The molecular formula is C30H22ClF2N7O6S2. The van der Waals surface area contributed by atoms with Crippen LogP contribution in [0.3, 0.4) is 0 Å². The third-order valence-electron chi connectivity index (χ3n) is 6.61. The number of alkyl halides is 2. The number of sulfonamides is 1. The fourth-order valence-corrected chi connectivity index (χ4v) is 6.42. The molecule has 18 heteroatoms. The number of aryl methyl sites for hydroxylation is 1. The summed E-state index contributed by atoms with van der Waals surface area (Å²) in [5.74, 6) is -3.66. The summed E-state index contributed by atoms with van der Waals surface area (Å²) in [5, 5.41) is 18.3. The lowest BCUT2D eigenvalue weighted by Crippen LogP contribution is -2.25. The summed E-state index contributed by atoms with van der Waals surface area (Å²) in [6.07, 6.45) is 2.47. The van der Waals surface area contributed by atoms with E-state index in [1.165, 1.54) is 53.1 Å². The first-order valence-corrected chi connectivity index (χ1v) is 16.3. The number of nitrogens with one attached hydrogen (secondary N) is 3. The summed E-state index contributed by atoms with van der Waals surface area (Å²) < 4.78 is 55.6. The van der Waals surface area contributed by atoms with Crippen molar-refractivity contribution in [1.29, 1.82) is 0 Å². The molecule has 13 nitrogen and oxygen atoms in total. The second-order valence-corrected chi connectivity index (χ2v) is 12.9. The summed E-state index contributed by atoms with van der Waals surface area (Å²) in [7, 11) is -4.60. The van der Waals surface area contributed by atoms with E-state index in [1.54, 1.807) is 25.1 Å².